The fourth-order valence-electron chi connectivity index (χ4n) is 2.82. The number of carbonyl (C=O) groups excluding carboxylic acids is 2. The van der Waals surface area contributed by atoms with Gasteiger partial charge in [-0.15, -0.1) is 0 Å². The Morgan fingerprint density at radius 3 is 2.77 bits per heavy atom. The monoisotopic (exact) mass is 299 g/mol. The van der Waals surface area contributed by atoms with Crippen LogP contribution in [0.25, 0.3) is 0 Å². The van der Waals surface area contributed by atoms with E-state index in [0.29, 0.717) is 17.2 Å². The van der Waals surface area contributed by atoms with Crippen molar-refractivity contribution >= 4 is 17.5 Å². The molecule has 1 saturated heterocycles. The van der Waals surface area contributed by atoms with Gasteiger partial charge in [0.1, 0.15) is 12.6 Å². The zero-order chi connectivity index (χ0) is 16.1. The third-order valence-electron chi connectivity index (χ3n) is 4.00. The molecule has 1 heterocycles. The first-order chi connectivity index (χ1) is 10.5. The maximum Gasteiger partial charge on any atom is 0.242 e. The average Bonchev–Trinajstić information content (AvgIpc) is 2.52. The van der Waals surface area contributed by atoms with Crippen LogP contribution in [0.2, 0.25) is 0 Å². The van der Waals surface area contributed by atoms with E-state index in [1.54, 1.807) is 24.3 Å². The van der Waals surface area contributed by atoms with Crippen molar-refractivity contribution in [2.24, 2.45) is 5.92 Å². The predicted molar refractivity (Wildman–Crippen MR) is 84.2 cm³/mol. The molecule has 0 aliphatic carbocycles. The van der Waals surface area contributed by atoms with Gasteiger partial charge in [-0.1, -0.05) is 19.1 Å². The molecule has 1 aliphatic heterocycles. The summed E-state index contributed by atoms with van der Waals surface area (Å²) in [5, 5.41) is 9.18. The van der Waals surface area contributed by atoms with Crippen LogP contribution < -0.4 is 4.90 Å². The number of anilines is 1. The van der Waals surface area contributed by atoms with Gasteiger partial charge in [-0.3, -0.25) is 9.59 Å². The van der Waals surface area contributed by atoms with Gasteiger partial charge in [0.05, 0.1) is 11.3 Å². The van der Waals surface area contributed by atoms with Gasteiger partial charge < -0.3 is 9.80 Å². The molecule has 2 rings (SSSR count). The van der Waals surface area contributed by atoms with Gasteiger partial charge in [-0.05, 0) is 30.9 Å². The highest BCUT2D eigenvalue weighted by molar-refractivity contribution is 5.98. The minimum Gasteiger partial charge on any atom is -0.341 e. The maximum absolute atomic E-state index is 12.5. The molecule has 0 N–H and O–H groups in total. The molecule has 1 fully saturated rings. The highest BCUT2D eigenvalue weighted by Gasteiger charge is 2.25. The summed E-state index contributed by atoms with van der Waals surface area (Å²) in [7, 11) is 0. The molecule has 1 unspecified atom stereocenters. The first-order valence-electron chi connectivity index (χ1n) is 7.58. The van der Waals surface area contributed by atoms with Crippen molar-refractivity contribution in [1.29, 1.82) is 5.26 Å². The number of carbonyl (C=O) groups is 2. The van der Waals surface area contributed by atoms with Crippen LogP contribution in [-0.2, 0) is 9.59 Å². The van der Waals surface area contributed by atoms with Crippen LogP contribution in [-0.4, -0.2) is 36.3 Å². The standard InChI is InChI=1S/C17H21N3O2/c1-13-6-5-9-19(11-13)17(22)12-20(14(2)21)16-8-4-3-7-15(16)10-18/h3-4,7-8,13H,5-6,9,11-12H2,1-2H3. The Hall–Kier alpha value is -2.35. The molecule has 0 bridgehead atoms. The van der Waals surface area contributed by atoms with E-state index in [0.717, 1.165) is 25.9 Å². The molecule has 1 atom stereocenters. The van der Waals surface area contributed by atoms with E-state index in [1.807, 2.05) is 4.90 Å². The van der Waals surface area contributed by atoms with Gasteiger partial charge in [-0.25, -0.2) is 0 Å². The van der Waals surface area contributed by atoms with Crippen molar-refractivity contribution in [3.63, 3.8) is 0 Å². The summed E-state index contributed by atoms with van der Waals surface area (Å²) < 4.78 is 0. The van der Waals surface area contributed by atoms with Crippen molar-refractivity contribution in [1.82, 2.24) is 4.90 Å². The van der Waals surface area contributed by atoms with Gasteiger partial charge in [-0.2, -0.15) is 5.26 Å². The summed E-state index contributed by atoms with van der Waals surface area (Å²) in [4.78, 5) is 27.6. The topological polar surface area (TPSA) is 64.4 Å². The minimum absolute atomic E-state index is 0.0131. The molecule has 0 spiro atoms. The summed E-state index contributed by atoms with van der Waals surface area (Å²) in [6.07, 6.45) is 2.14. The van der Waals surface area contributed by atoms with Crippen LogP contribution >= 0.6 is 0 Å². The third-order valence-corrected chi connectivity index (χ3v) is 4.00. The second-order valence-electron chi connectivity index (χ2n) is 5.82. The summed E-state index contributed by atoms with van der Waals surface area (Å²) in [5.41, 5.74) is 0.897. The fraction of sp³-hybridized carbons (Fsp3) is 0.471. The number of hydrogen-bond acceptors (Lipinski definition) is 3. The fourth-order valence-corrected chi connectivity index (χ4v) is 2.82. The lowest BCUT2D eigenvalue weighted by atomic mass is 10.0. The third kappa shape index (κ3) is 3.64. The van der Waals surface area contributed by atoms with Gasteiger partial charge in [0.25, 0.3) is 0 Å². The van der Waals surface area contributed by atoms with E-state index < -0.39 is 0 Å². The van der Waals surface area contributed by atoms with Crippen molar-refractivity contribution in [3.05, 3.63) is 29.8 Å². The predicted octanol–water partition coefficient (Wildman–Crippen LogP) is 2.17. The first-order valence-corrected chi connectivity index (χ1v) is 7.58. The van der Waals surface area contributed by atoms with E-state index in [-0.39, 0.29) is 18.4 Å². The number of para-hydroxylation sites is 1. The Morgan fingerprint density at radius 2 is 2.14 bits per heavy atom. The average molecular weight is 299 g/mol. The number of nitrogens with zero attached hydrogens (tertiary/aromatic N) is 3. The van der Waals surface area contributed by atoms with Crippen molar-refractivity contribution in [2.75, 3.05) is 24.5 Å². The van der Waals surface area contributed by atoms with Gasteiger partial charge >= 0.3 is 0 Å². The summed E-state index contributed by atoms with van der Waals surface area (Å²) >= 11 is 0. The van der Waals surface area contributed by atoms with Crippen LogP contribution in [0.15, 0.2) is 24.3 Å². The second kappa shape index (κ2) is 7.08. The molecule has 1 aliphatic rings. The molecule has 0 radical (unpaired) electrons. The molecule has 116 valence electrons. The Bertz CT molecular complexity index is 606. The Labute approximate surface area is 131 Å². The normalized spacial score (nSPS) is 17.7. The summed E-state index contributed by atoms with van der Waals surface area (Å²) in [5.74, 6) is 0.200. The van der Waals surface area contributed by atoms with E-state index in [9.17, 15) is 14.9 Å². The Kier molecular flexibility index (Phi) is 5.16. The van der Waals surface area contributed by atoms with Crippen LogP contribution in [0.5, 0.6) is 0 Å². The number of piperidine rings is 1. The number of hydrogen-bond donors (Lipinski definition) is 0. The van der Waals surface area contributed by atoms with Gasteiger partial charge in [0.15, 0.2) is 0 Å². The van der Waals surface area contributed by atoms with Crippen LogP contribution in [0, 0.1) is 17.2 Å². The molecular formula is C17H21N3O2. The van der Waals surface area contributed by atoms with Crippen LogP contribution in [0.3, 0.4) is 0 Å². The van der Waals surface area contributed by atoms with Crippen molar-refractivity contribution in [3.8, 4) is 6.07 Å². The molecule has 1 aromatic rings. The Balaban J connectivity index is 2.17. The van der Waals surface area contributed by atoms with Crippen molar-refractivity contribution in [2.45, 2.75) is 26.7 Å². The van der Waals surface area contributed by atoms with Crippen LogP contribution in [0.4, 0.5) is 5.69 Å². The summed E-state index contributed by atoms with van der Waals surface area (Å²) in [6.45, 7) is 5.02. The van der Waals surface area contributed by atoms with E-state index in [2.05, 4.69) is 13.0 Å². The smallest absolute Gasteiger partial charge is 0.242 e. The summed E-state index contributed by atoms with van der Waals surface area (Å²) in [6, 6.07) is 8.93. The molecular weight excluding hydrogens is 278 g/mol. The number of nitriles is 1. The number of likely N-dealkylation sites (tertiary alicyclic amines) is 1. The maximum atomic E-state index is 12.5. The lowest BCUT2D eigenvalue weighted by Gasteiger charge is -2.33. The van der Waals surface area contributed by atoms with Crippen LogP contribution in [0.1, 0.15) is 32.3 Å². The molecule has 22 heavy (non-hydrogen) atoms. The quantitative estimate of drug-likeness (QED) is 0.859. The lowest BCUT2D eigenvalue weighted by Crippen LogP contribution is -2.46. The van der Waals surface area contributed by atoms with Gasteiger partial charge in [0, 0.05) is 20.0 Å². The molecule has 1 aromatic carbocycles. The van der Waals surface area contributed by atoms with Gasteiger partial charge in [0.2, 0.25) is 11.8 Å². The van der Waals surface area contributed by atoms with Crippen molar-refractivity contribution < 1.29 is 9.59 Å². The molecule has 2 amide bonds. The number of benzene rings is 1. The number of amides is 2. The SMILES string of the molecule is CC(=O)N(CC(=O)N1CCCC(C)C1)c1ccccc1C#N. The zero-order valence-corrected chi connectivity index (χ0v) is 13.1. The van der Waals surface area contributed by atoms with E-state index in [1.165, 1.54) is 11.8 Å². The number of rotatable bonds is 3. The highest BCUT2D eigenvalue weighted by Crippen LogP contribution is 2.21. The van der Waals surface area contributed by atoms with E-state index in [4.69, 9.17) is 0 Å². The lowest BCUT2D eigenvalue weighted by molar-refractivity contribution is -0.132. The second-order valence-corrected chi connectivity index (χ2v) is 5.82. The molecule has 5 heteroatoms. The minimum atomic E-state index is -0.235. The molecule has 0 aromatic heterocycles. The molecule has 5 nitrogen and oxygen atoms in total. The van der Waals surface area contributed by atoms with E-state index >= 15 is 0 Å². The highest BCUT2D eigenvalue weighted by atomic mass is 16.2. The first kappa shape index (κ1) is 16.0. The molecule has 0 saturated carbocycles. The zero-order valence-electron chi connectivity index (χ0n) is 13.1. The Morgan fingerprint density at radius 1 is 1.41 bits per heavy atom. The largest absolute Gasteiger partial charge is 0.341 e.